The molecule has 0 aromatic heterocycles. The van der Waals surface area contributed by atoms with E-state index < -0.39 is 0 Å². The number of carbonyl (C=O) groups is 1. The summed E-state index contributed by atoms with van der Waals surface area (Å²) in [5.74, 6) is 0.127. The fraction of sp³-hybridized carbons (Fsp3) is 0.900. The van der Waals surface area contributed by atoms with Gasteiger partial charge in [0.05, 0.1) is 12.6 Å². The van der Waals surface area contributed by atoms with Crippen LogP contribution in [0.4, 0.5) is 0 Å². The maximum absolute atomic E-state index is 11.1. The van der Waals surface area contributed by atoms with Crippen LogP contribution in [-0.4, -0.2) is 42.1 Å². The van der Waals surface area contributed by atoms with Crippen LogP contribution in [-0.2, 0) is 9.53 Å². The Bertz CT molecular complexity index is 239. The number of hydrogen-bond donors (Lipinski definition) is 2. The summed E-state index contributed by atoms with van der Waals surface area (Å²) in [5.41, 5.74) is 0. The van der Waals surface area contributed by atoms with Gasteiger partial charge in [-0.2, -0.15) is 0 Å². The molecule has 86 valence electrons. The highest BCUT2D eigenvalue weighted by atomic mass is 16.5. The molecule has 2 N–H and O–H groups in total. The minimum absolute atomic E-state index is 0.185. The maximum Gasteiger partial charge on any atom is 0.261 e. The van der Waals surface area contributed by atoms with Gasteiger partial charge < -0.3 is 4.74 Å². The van der Waals surface area contributed by atoms with Gasteiger partial charge in [0.15, 0.2) is 0 Å². The van der Waals surface area contributed by atoms with E-state index in [4.69, 9.17) is 4.74 Å². The average Bonchev–Trinajstić information content (AvgIpc) is 2.60. The van der Waals surface area contributed by atoms with Crippen molar-refractivity contribution in [2.75, 3.05) is 13.7 Å². The predicted octanol–water partition coefficient (Wildman–Crippen LogP) is 0.339. The molecule has 15 heavy (non-hydrogen) atoms. The standard InChI is InChI=1S/C10H18N2O3/c1-15-8-4-2-7(3-5-8)10-11-6-9(13)12(10)14/h7-8,10-11,14H,2-6H2,1H3. The first-order valence-electron chi connectivity index (χ1n) is 5.49. The van der Waals surface area contributed by atoms with Crippen LogP contribution < -0.4 is 5.32 Å². The third kappa shape index (κ3) is 2.14. The number of carbonyl (C=O) groups excluding carboxylic acids is 1. The lowest BCUT2D eigenvalue weighted by Crippen LogP contribution is -2.43. The predicted molar refractivity (Wildman–Crippen MR) is 53.2 cm³/mol. The highest BCUT2D eigenvalue weighted by molar-refractivity contribution is 5.79. The van der Waals surface area contributed by atoms with E-state index >= 15 is 0 Å². The van der Waals surface area contributed by atoms with Crippen LogP contribution in [0.5, 0.6) is 0 Å². The highest BCUT2D eigenvalue weighted by Crippen LogP contribution is 2.30. The van der Waals surface area contributed by atoms with Crippen LogP contribution in [0.1, 0.15) is 25.7 Å². The van der Waals surface area contributed by atoms with Gasteiger partial charge in [-0.05, 0) is 31.6 Å². The number of amides is 1. The smallest absolute Gasteiger partial charge is 0.261 e. The fourth-order valence-corrected chi connectivity index (χ4v) is 2.52. The van der Waals surface area contributed by atoms with E-state index in [1.807, 2.05) is 0 Å². The van der Waals surface area contributed by atoms with Gasteiger partial charge in [-0.1, -0.05) is 0 Å². The summed E-state index contributed by atoms with van der Waals surface area (Å²) in [6, 6.07) is 0. The van der Waals surface area contributed by atoms with E-state index in [2.05, 4.69) is 5.32 Å². The molecule has 0 spiro atoms. The molecule has 1 saturated heterocycles. The van der Waals surface area contributed by atoms with E-state index in [-0.39, 0.29) is 18.6 Å². The normalized spacial score (nSPS) is 37.3. The molecule has 0 aromatic carbocycles. The maximum atomic E-state index is 11.1. The van der Waals surface area contributed by atoms with Gasteiger partial charge in [0.2, 0.25) is 0 Å². The lowest BCUT2D eigenvalue weighted by molar-refractivity contribution is -0.171. The van der Waals surface area contributed by atoms with Gasteiger partial charge in [0, 0.05) is 7.11 Å². The molecule has 0 bridgehead atoms. The van der Waals surface area contributed by atoms with Gasteiger partial charge >= 0.3 is 0 Å². The van der Waals surface area contributed by atoms with E-state index in [9.17, 15) is 10.0 Å². The molecule has 1 heterocycles. The molecule has 0 aromatic rings. The van der Waals surface area contributed by atoms with Gasteiger partial charge in [0.25, 0.3) is 5.91 Å². The second-order valence-electron chi connectivity index (χ2n) is 4.34. The second kappa shape index (κ2) is 4.47. The molecule has 2 aliphatic rings. The van der Waals surface area contributed by atoms with Crippen molar-refractivity contribution in [1.29, 1.82) is 0 Å². The van der Waals surface area contributed by atoms with Crippen molar-refractivity contribution >= 4 is 5.91 Å². The highest BCUT2D eigenvalue weighted by Gasteiger charge is 2.37. The summed E-state index contributed by atoms with van der Waals surface area (Å²) in [6.45, 7) is 0.255. The first kappa shape index (κ1) is 10.9. The first-order chi connectivity index (χ1) is 7.22. The summed E-state index contributed by atoms with van der Waals surface area (Å²) in [7, 11) is 1.74. The molecule has 5 heteroatoms. The number of nitrogens with one attached hydrogen (secondary N) is 1. The topological polar surface area (TPSA) is 61.8 Å². The first-order valence-corrected chi connectivity index (χ1v) is 5.49. The lowest BCUT2D eigenvalue weighted by atomic mass is 9.85. The Morgan fingerprint density at radius 3 is 2.53 bits per heavy atom. The third-order valence-corrected chi connectivity index (χ3v) is 3.48. The van der Waals surface area contributed by atoms with E-state index in [0.29, 0.717) is 12.0 Å². The van der Waals surface area contributed by atoms with Crippen molar-refractivity contribution in [1.82, 2.24) is 10.4 Å². The van der Waals surface area contributed by atoms with Crippen LogP contribution in [0.15, 0.2) is 0 Å². The Morgan fingerprint density at radius 1 is 1.40 bits per heavy atom. The Labute approximate surface area is 89.3 Å². The number of hydrogen-bond acceptors (Lipinski definition) is 4. The Balaban J connectivity index is 1.88. The minimum atomic E-state index is -0.228. The molecule has 5 nitrogen and oxygen atoms in total. The van der Waals surface area contributed by atoms with Crippen LogP contribution in [0.25, 0.3) is 0 Å². The minimum Gasteiger partial charge on any atom is -0.381 e. The molecule has 2 rings (SSSR count). The number of ether oxygens (including phenoxy) is 1. The van der Waals surface area contributed by atoms with E-state index in [1.165, 1.54) is 0 Å². The number of methoxy groups -OCH3 is 1. The fourth-order valence-electron chi connectivity index (χ4n) is 2.52. The molecule has 1 saturated carbocycles. The van der Waals surface area contributed by atoms with E-state index in [0.717, 1.165) is 30.7 Å². The van der Waals surface area contributed by atoms with Crippen molar-refractivity contribution in [3.05, 3.63) is 0 Å². The van der Waals surface area contributed by atoms with E-state index in [1.54, 1.807) is 7.11 Å². The van der Waals surface area contributed by atoms with Crippen molar-refractivity contribution in [2.45, 2.75) is 38.0 Å². The van der Waals surface area contributed by atoms with Gasteiger partial charge in [-0.15, -0.1) is 0 Å². The van der Waals surface area contributed by atoms with Gasteiger partial charge in [0.1, 0.15) is 6.17 Å². The van der Waals surface area contributed by atoms with Gasteiger partial charge in [-0.25, -0.2) is 5.06 Å². The summed E-state index contributed by atoms with van der Waals surface area (Å²) in [6.07, 6.45) is 4.20. The van der Waals surface area contributed by atoms with Crippen LogP contribution in [0.3, 0.4) is 0 Å². The molecular weight excluding hydrogens is 196 g/mol. The van der Waals surface area contributed by atoms with Gasteiger partial charge in [-0.3, -0.25) is 15.3 Å². The molecule has 1 aliphatic carbocycles. The zero-order chi connectivity index (χ0) is 10.8. The van der Waals surface area contributed by atoms with Crippen LogP contribution in [0, 0.1) is 5.92 Å². The van der Waals surface area contributed by atoms with Crippen molar-refractivity contribution in [3.63, 3.8) is 0 Å². The molecule has 0 radical (unpaired) electrons. The Hall–Kier alpha value is -0.650. The second-order valence-corrected chi connectivity index (χ2v) is 4.34. The lowest BCUT2D eigenvalue weighted by Gasteiger charge is -2.33. The summed E-state index contributed by atoms with van der Waals surface area (Å²) in [4.78, 5) is 11.1. The van der Waals surface area contributed by atoms with Crippen LogP contribution in [0.2, 0.25) is 0 Å². The average molecular weight is 214 g/mol. The quantitative estimate of drug-likeness (QED) is 0.651. The molecular formula is C10H18N2O3. The summed E-state index contributed by atoms with van der Waals surface area (Å²) in [5, 5.41) is 13.4. The monoisotopic (exact) mass is 214 g/mol. The number of hydroxylamine groups is 2. The van der Waals surface area contributed by atoms with Crippen molar-refractivity contribution in [2.24, 2.45) is 5.92 Å². The molecule has 1 amide bonds. The third-order valence-electron chi connectivity index (χ3n) is 3.48. The zero-order valence-corrected chi connectivity index (χ0v) is 8.98. The largest absolute Gasteiger partial charge is 0.381 e. The van der Waals surface area contributed by atoms with Crippen molar-refractivity contribution in [3.8, 4) is 0 Å². The Kier molecular flexibility index (Phi) is 3.23. The molecule has 1 atom stereocenters. The summed E-state index contributed by atoms with van der Waals surface area (Å²) >= 11 is 0. The molecule has 1 unspecified atom stereocenters. The SMILES string of the molecule is COC1CCC(C2NCC(=O)N2O)CC1. The zero-order valence-electron chi connectivity index (χ0n) is 8.98. The molecule has 1 aliphatic heterocycles. The number of nitrogens with zero attached hydrogens (tertiary/aromatic N) is 1. The summed E-state index contributed by atoms with van der Waals surface area (Å²) < 4.78 is 5.29. The molecule has 2 fully saturated rings. The van der Waals surface area contributed by atoms with Crippen LogP contribution >= 0.6 is 0 Å². The number of rotatable bonds is 2. The van der Waals surface area contributed by atoms with Crippen molar-refractivity contribution < 1.29 is 14.7 Å². The Morgan fingerprint density at radius 2 is 2.07 bits per heavy atom.